The summed E-state index contributed by atoms with van der Waals surface area (Å²) in [4.78, 5) is 15.8. The van der Waals surface area contributed by atoms with Gasteiger partial charge in [-0.2, -0.15) is 0 Å². The predicted molar refractivity (Wildman–Crippen MR) is 71.5 cm³/mol. The van der Waals surface area contributed by atoms with Gasteiger partial charge >= 0.3 is 0 Å². The van der Waals surface area contributed by atoms with E-state index in [-0.39, 0.29) is 18.0 Å². The van der Waals surface area contributed by atoms with E-state index in [0.717, 1.165) is 12.8 Å². The Bertz CT molecular complexity index is 491. The molecule has 1 aromatic heterocycles. The summed E-state index contributed by atoms with van der Waals surface area (Å²) < 4.78 is 29.0. The molecule has 5 nitrogen and oxygen atoms in total. The van der Waals surface area contributed by atoms with Crippen molar-refractivity contribution in [2.45, 2.75) is 37.7 Å². The number of carbonyl (C=O) groups excluding carboxylic acids is 1. The third-order valence-corrected chi connectivity index (χ3v) is 3.45. The maximum absolute atomic E-state index is 12.1. The molecule has 21 heavy (non-hydrogen) atoms. The lowest BCUT2D eigenvalue weighted by Crippen LogP contribution is -2.41. The number of pyridine rings is 1. The van der Waals surface area contributed by atoms with E-state index in [1.165, 1.54) is 18.3 Å². The van der Waals surface area contributed by atoms with Gasteiger partial charge in [0, 0.05) is 18.8 Å². The largest absolute Gasteiger partial charge is 0.488 e. The Morgan fingerprint density at radius 3 is 2.86 bits per heavy atom. The van der Waals surface area contributed by atoms with Crippen LogP contribution < -0.4 is 10.1 Å². The van der Waals surface area contributed by atoms with Gasteiger partial charge in [0.2, 0.25) is 0 Å². The number of aliphatic hydroxyl groups is 1. The fraction of sp³-hybridized carbons (Fsp3) is 0.571. The first-order valence-corrected chi connectivity index (χ1v) is 6.86. The molecule has 1 amide bonds. The zero-order chi connectivity index (χ0) is 15.3. The molecular formula is C14H18F2N2O3. The molecule has 7 heteroatoms. The number of hydrogen-bond acceptors (Lipinski definition) is 4. The first kappa shape index (κ1) is 15.6. The molecule has 0 saturated heterocycles. The van der Waals surface area contributed by atoms with Crippen molar-refractivity contribution in [1.29, 1.82) is 0 Å². The number of halogens is 2. The van der Waals surface area contributed by atoms with Crippen molar-refractivity contribution in [2.75, 3.05) is 13.2 Å². The molecule has 1 saturated carbocycles. The van der Waals surface area contributed by atoms with Crippen molar-refractivity contribution in [2.24, 2.45) is 0 Å². The molecule has 0 bridgehead atoms. The van der Waals surface area contributed by atoms with Gasteiger partial charge in [-0.15, -0.1) is 0 Å². The summed E-state index contributed by atoms with van der Waals surface area (Å²) >= 11 is 0. The van der Waals surface area contributed by atoms with Gasteiger partial charge < -0.3 is 15.2 Å². The zero-order valence-corrected chi connectivity index (χ0v) is 11.5. The van der Waals surface area contributed by atoms with Crippen LogP contribution in [-0.4, -0.2) is 41.2 Å². The molecule has 1 fully saturated rings. The summed E-state index contributed by atoms with van der Waals surface area (Å²) in [6.07, 6.45) is 1.96. The molecule has 0 unspecified atom stereocenters. The van der Waals surface area contributed by atoms with Crippen LogP contribution in [0, 0.1) is 0 Å². The van der Waals surface area contributed by atoms with Crippen molar-refractivity contribution < 1.29 is 23.4 Å². The van der Waals surface area contributed by atoms with Gasteiger partial charge in [-0.3, -0.25) is 9.78 Å². The highest BCUT2D eigenvalue weighted by molar-refractivity contribution is 5.92. The molecule has 1 aliphatic carbocycles. The smallest absolute Gasteiger partial charge is 0.272 e. The van der Waals surface area contributed by atoms with E-state index in [9.17, 15) is 18.7 Å². The summed E-state index contributed by atoms with van der Waals surface area (Å²) in [6.45, 7) is -0.569. The van der Waals surface area contributed by atoms with Crippen LogP contribution in [0.2, 0.25) is 0 Å². The van der Waals surface area contributed by atoms with Gasteiger partial charge in [-0.1, -0.05) is 12.8 Å². The SMILES string of the molecule is O=C(NCC1(O)CCCC1)c1cc(OCC(F)F)ccn1. The van der Waals surface area contributed by atoms with Crippen molar-refractivity contribution in [3.8, 4) is 5.75 Å². The maximum Gasteiger partial charge on any atom is 0.272 e. The van der Waals surface area contributed by atoms with Gasteiger partial charge in [-0.05, 0) is 18.9 Å². The first-order chi connectivity index (χ1) is 9.98. The van der Waals surface area contributed by atoms with Gasteiger partial charge in [-0.25, -0.2) is 8.78 Å². The highest BCUT2D eigenvalue weighted by atomic mass is 19.3. The maximum atomic E-state index is 12.1. The Balaban J connectivity index is 1.91. The van der Waals surface area contributed by atoms with Crippen LogP contribution >= 0.6 is 0 Å². The minimum atomic E-state index is -2.58. The topological polar surface area (TPSA) is 71.5 Å². The lowest BCUT2D eigenvalue weighted by atomic mass is 10.0. The molecule has 2 rings (SSSR count). The van der Waals surface area contributed by atoms with Gasteiger partial charge in [0.25, 0.3) is 12.3 Å². The Labute approximate surface area is 121 Å². The fourth-order valence-electron chi connectivity index (χ4n) is 2.33. The quantitative estimate of drug-likeness (QED) is 0.840. The summed E-state index contributed by atoms with van der Waals surface area (Å²) in [5, 5.41) is 12.8. The van der Waals surface area contributed by atoms with Crippen LogP contribution in [0.15, 0.2) is 18.3 Å². The molecule has 0 radical (unpaired) electrons. The van der Waals surface area contributed by atoms with Gasteiger partial charge in [0.1, 0.15) is 18.1 Å². The Morgan fingerprint density at radius 2 is 2.19 bits per heavy atom. The third-order valence-electron chi connectivity index (χ3n) is 3.45. The van der Waals surface area contributed by atoms with E-state index in [1.54, 1.807) is 0 Å². The number of ether oxygens (including phenoxy) is 1. The Hall–Kier alpha value is -1.76. The van der Waals surface area contributed by atoms with E-state index in [4.69, 9.17) is 4.74 Å². The molecule has 2 N–H and O–H groups in total. The van der Waals surface area contributed by atoms with Gasteiger partial charge in [0.15, 0.2) is 0 Å². The van der Waals surface area contributed by atoms with Crippen LogP contribution in [0.25, 0.3) is 0 Å². The standard InChI is InChI=1S/C14H18F2N2O3/c15-12(16)8-21-10-3-6-17-11(7-10)13(19)18-9-14(20)4-1-2-5-14/h3,6-7,12,20H,1-2,4-5,8-9H2,(H,18,19). The molecule has 0 aliphatic heterocycles. The Kier molecular flexibility index (Phi) is 5.06. The first-order valence-electron chi connectivity index (χ1n) is 6.86. The van der Waals surface area contributed by atoms with Crippen LogP contribution in [0.1, 0.15) is 36.2 Å². The fourth-order valence-corrected chi connectivity index (χ4v) is 2.33. The van der Waals surface area contributed by atoms with Crippen LogP contribution in [0.4, 0.5) is 8.78 Å². The monoisotopic (exact) mass is 300 g/mol. The number of nitrogens with zero attached hydrogens (tertiary/aromatic N) is 1. The van der Waals surface area contributed by atoms with E-state index >= 15 is 0 Å². The van der Waals surface area contributed by atoms with Crippen molar-refractivity contribution in [3.63, 3.8) is 0 Å². The van der Waals surface area contributed by atoms with Crippen LogP contribution in [-0.2, 0) is 0 Å². The van der Waals surface area contributed by atoms with Crippen LogP contribution in [0.3, 0.4) is 0 Å². The van der Waals surface area contributed by atoms with E-state index < -0.39 is 24.5 Å². The average molecular weight is 300 g/mol. The number of amides is 1. The molecular weight excluding hydrogens is 282 g/mol. The van der Waals surface area contributed by atoms with E-state index in [1.807, 2.05) is 0 Å². The molecule has 0 aromatic carbocycles. The van der Waals surface area contributed by atoms with Crippen molar-refractivity contribution in [1.82, 2.24) is 10.3 Å². The van der Waals surface area contributed by atoms with E-state index in [2.05, 4.69) is 10.3 Å². The number of alkyl halides is 2. The second-order valence-corrected chi connectivity index (χ2v) is 5.19. The molecule has 116 valence electrons. The predicted octanol–water partition coefficient (Wildman–Crippen LogP) is 1.76. The number of carbonyl (C=O) groups is 1. The second-order valence-electron chi connectivity index (χ2n) is 5.19. The molecule has 0 atom stereocenters. The van der Waals surface area contributed by atoms with Gasteiger partial charge in [0.05, 0.1) is 5.60 Å². The average Bonchev–Trinajstić information content (AvgIpc) is 2.90. The highest BCUT2D eigenvalue weighted by Gasteiger charge is 2.31. The van der Waals surface area contributed by atoms with E-state index in [0.29, 0.717) is 12.8 Å². The lowest BCUT2D eigenvalue weighted by Gasteiger charge is -2.22. The molecule has 1 aliphatic rings. The number of nitrogens with one attached hydrogen (secondary N) is 1. The number of hydrogen-bond donors (Lipinski definition) is 2. The summed E-state index contributed by atoms with van der Waals surface area (Å²) in [7, 11) is 0. The molecule has 1 heterocycles. The minimum absolute atomic E-state index is 0.0726. The minimum Gasteiger partial charge on any atom is -0.488 e. The molecule has 1 aromatic rings. The summed E-state index contributed by atoms with van der Waals surface area (Å²) in [5.74, 6) is -0.298. The van der Waals surface area contributed by atoms with Crippen molar-refractivity contribution in [3.05, 3.63) is 24.0 Å². The number of aromatic nitrogens is 1. The second kappa shape index (κ2) is 6.80. The third kappa shape index (κ3) is 4.63. The lowest BCUT2D eigenvalue weighted by molar-refractivity contribution is 0.0448. The summed E-state index contributed by atoms with van der Waals surface area (Å²) in [6, 6.07) is 2.71. The van der Waals surface area contributed by atoms with Crippen LogP contribution in [0.5, 0.6) is 5.75 Å². The Morgan fingerprint density at radius 1 is 1.48 bits per heavy atom. The normalized spacial score (nSPS) is 17.0. The summed E-state index contributed by atoms with van der Waals surface area (Å²) in [5.41, 5.74) is -0.775. The molecule has 0 spiro atoms. The number of rotatable bonds is 6. The van der Waals surface area contributed by atoms with Crippen molar-refractivity contribution >= 4 is 5.91 Å². The zero-order valence-electron chi connectivity index (χ0n) is 11.5. The highest BCUT2D eigenvalue weighted by Crippen LogP contribution is 2.28.